The molecule has 0 aliphatic heterocycles. The number of nitrogens with one attached hydrogen (secondary N) is 1. The number of urea groups is 1. The molecule has 0 aromatic heterocycles. The minimum atomic E-state index is -0.0756. The Bertz CT molecular complexity index is 445. The number of nitrogens with zero attached hydrogens (tertiary/aromatic N) is 1. The molecule has 0 saturated carbocycles. The summed E-state index contributed by atoms with van der Waals surface area (Å²) in [5.41, 5.74) is 1.82. The highest BCUT2D eigenvalue weighted by Crippen LogP contribution is 2.12. The number of ether oxygens (including phenoxy) is 2. The summed E-state index contributed by atoms with van der Waals surface area (Å²) in [5.74, 6) is 0. The van der Waals surface area contributed by atoms with Crippen LogP contribution in [-0.4, -0.2) is 43.3 Å². The Hall–Kier alpha value is -1.59. The summed E-state index contributed by atoms with van der Waals surface area (Å²) in [6.07, 6.45) is 0.224. The molecule has 2 amide bonds. The molecule has 22 heavy (non-hydrogen) atoms. The largest absolute Gasteiger partial charge is 0.376 e. The van der Waals surface area contributed by atoms with Crippen LogP contribution in [0.5, 0.6) is 0 Å². The monoisotopic (exact) mass is 308 g/mol. The van der Waals surface area contributed by atoms with Gasteiger partial charge in [-0.3, -0.25) is 0 Å². The van der Waals surface area contributed by atoms with Crippen molar-refractivity contribution in [3.63, 3.8) is 0 Å². The molecule has 1 aromatic carbocycles. The van der Waals surface area contributed by atoms with Gasteiger partial charge in [-0.15, -0.1) is 0 Å². The molecule has 0 fully saturated rings. The molecule has 0 aliphatic carbocycles. The first kappa shape index (κ1) is 18.5. The lowest BCUT2D eigenvalue weighted by atomic mass is 10.2. The minimum absolute atomic E-state index is 0.0756. The topological polar surface area (TPSA) is 50.8 Å². The van der Waals surface area contributed by atoms with Crippen molar-refractivity contribution in [2.45, 2.75) is 40.4 Å². The SMILES string of the molecule is CCN(CC)C(=O)Nc1cccc(COCCOC(C)C)c1. The zero-order valence-corrected chi connectivity index (χ0v) is 14.1. The zero-order chi connectivity index (χ0) is 16.4. The van der Waals surface area contributed by atoms with Crippen molar-refractivity contribution in [2.75, 3.05) is 31.6 Å². The van der Waals surface area contributed by atoms with Crippen molar-refractivity contribution >= 4 is 11.7 Å². The molecule has 0 aliphatic rings. The van der Waals surface area contributed by atoms with Crippen LogP contribution in [0.4, 0.5) is 10.5 Å². The van der Waals surface area contributed by atoms with Gasteiger partial charge in [0.05, 0.1) is 25.9 Å². The molecular weight excluding hydrogens is 280 g/mol. The molecule has 1 N–H and O–H groups in total. The zero-order valence-electron chi connectivity index (χ0n) is 14.1. The van der Waals surface area contributed by atoms with Crippen LogP contribution in [0.3, 0.4) is 0 Å². The lowest BCUT2D eigenvalue weighted by Gasteiger charge is -2.19. The van der Waals surface area contributed by atoms with Crippen LogP contribution in [-0.2, 0) is 16.1 Å². The van der Waals surface area contributed by atoms with Crippen LogP contribution >= 0.6 is 0 Å². The maximum atomic E-state index is 12.0. The van der Waals surface area contributed by atoms with Gasteiger partial charge in [-0.25, -0.2) is 4.79 Å². The van der Waals surface area contributed by atoms with E-state index in [1.54, 1.807) is 4.90 Å². The van der Waals surface area contributed by atoms with Gasteiger partial charge in [-0.05, 0) is 45.4 Å². The molecule has 0 radical (unpaired) electrons. The van der Waals surface area contributed by atoms with E-state index in [4.69, 9.17) is 9.47 Å². The van der Waals surface area contributed by atoms with E-state index < -0.39 is 0 Å². The van der Waals surface area contributed by atoms with E-state index in [2.05, 4.69) is 5.32 Å². The van der Waals surface area contributed by atoms with Gasteiger partial charge in [0.2, 0.25) is 0 Å². The standard InChI is InChI=1S/C17H28N2O3/c1-5-19(6-2)17(20)18-16-9-7-8-15(12-16)13-21-10-11-22-14(3)4/h7-9,12,14H,5-6,10-11,13H2,1-4H3,(H,18,20). The molecule has 0 unspecified atom stereocenters. The summed E-state index contributed by atoms with van der Waals surface area (Å²) in [6, 6.07) is 7.64. The lowest BCUT2D eigenvalue weighted by molar-refractivity contribution is 0.0143. The summed E-state index contributed by atoms with van der Waals surface area (Å²) in [5, 5.41) is 2.91. The molecule has 5 nitrogen and oxygen atoms in total. The summed E-state index contributed by atoms with van der Waals surface area (Å²) in [7, 11) is 0. The highest BCUT2D eigenvalue weighted by atomic mass is 16.5. The quantitative estimate of drug-likeness (QED) is 0.710. The van der Waals surface area contributed by atoms with Crippen LogP contribution in [0.2, 0.25) is 0 Å². The Kier molecular flexibility index (Phi) is 8.55. The third-order valence-corrected chi connectivity index (χ3v) is 3.18. The Labute approximate surface area is 133 Å². The van der Waals surface area contributed by atoms with Gasteiger partial charge in [0.25, 0.3) is 0 Å². The first-order valence-electron chi connectivity index (χ1n) is 7.91. The highest BCUT2D eigenvalue weighted by Gasteiger charge is 2.09. The van der Waals surface area contributed by atoms with E-state index in [1.165, 1.54) is 0 Å². The minimum Gasteiger partial charge on any atom is -0.376 e. The molecule has 1 rings (SSSR count). The van der Waals surface area contributed by atoms with Crippen LogP contribution in [0.25, 0.3) is 0 Å². The van der Waals surface area contributed by atoms with Gasteiger partial charge in [0, 0.05) is 18.8 Å². The molecule has 124 valence electrons. The van der Waals surface area contributed by atoms with Gasteiger partial charge in [-0.1, -0.05) is 12.1 Å². The van der Waals surface area contributed by atoms with E-state index >= 15 is 0 Å². The average Bonchev–Trinajstić information content (AvgIpc) is 2.48. The van der Waals surface area contributed by atoms with Gasteiger partial charge >= 0.3 is 6.03 Å². The fraction of sp³-hybridized carbons (Fsp3) is 0.588. The van der Waals surface area contributed by atoms with Crippen molar-refractivity contribution in [1.29, 1.82) is 0 Å². The number of amides is 2. The Morgan fingerprint density at radius 3 is 2.59 bits per heavy atom. The van der Waals surface area contributed by atoms with Crippen molar-refractivity contribution in [1.82, 2.24) is 4.90 Å². The van der Waals surface area contributed by atoms with E-state index in [0.29, 0.717) is 32.9 Å². The Morgan fingerprint density at radius 2 is 1.95 bits per heavy atom. The van der Waals surface area contributed by atoms with E-state index in [1.807, 2.05) is 52.0 Å². The fourth-order valence-electron chi connectivity index (χ4n) is 1.98. The number of anilines is 1. The summed E-state index contributed by atoms with van der Waals surface area (Å²) < 4.78 is 11.0. The fourth-order valence-corrected chi connectivity index (χ4v) is 1.98. The van der Waals surface area contributed by atoms with E-state index in [-0.39, 0.29) is 12.1 Å². The normalized spacial score (nSPS) is 10.8. The van der Waals surface area contributed by atoms with Gasteiger partial charge in [0.15, 0.2) is 0 Å². The van der Waals surface area contributed by atoms with Crippen LogP contribution < -0.4 is 5.32 Å². The molecule has 0 atom stereocenters. The summed E-state index contributed by atoms with van der Waals surface area (Å²) >= 11 is 0. The summed E-state index contributed by atoms with van der Waals surface area (Å²) in [4.78, 5) is 13.8. The highest BCUT2D eigenvalue weighted by molar-refractivity contribution is 5.89. The average molecular weight is 308 g/mol. The molecule has 1 aromatic rings. The van der Waals surface area contributed by atoms with Crippen LogP contribution in [0.15, 0.2) is 24.3 Å². The third-order valence-electron chi connectivity index (χ3n) is 3.18. The number of carbonyl (C=O) groups excluding carboxylic acids is 1. The molecule has 0 heterocycles. The Balaban J connectivity index is 2.43. The summed E-state index contributed by atoms with van der Waals surface area (Å²) in [6.45, 7) is 11.0. The smallest absolute Gasteiger partial charge is 0.321 e. The molecule has 0 bridgehead atoms. The van der Waals surface area contributed by atoms with Crippen molar-refractivity contribution in [3.8, 4) is 0 Å². The third kappa shape index (κ3) is 6.91. The van der Waals surface area contributed by atoms with Crippen molar-refractivity contribution in [3.05, 3.63) is 29.8 Å². The van der Waals surface area contributed by atoms with Crippen LogP contribution in [0, 0.1) is 0 Å². The number of benzene rings is 1. The Morgan fingerprint density at radius 1 is 1.23 bits per heavy atom. The predicted octanol–water partition coefficient (Wildman–Crippen LogP) is 3.50. The van der Waals surface area contributed by atoms with E-state index in [0.717, 1.165) is 11.3 Å². The molecule has 5 heteroatoms. The molecule has 0 saturated heterocycles. The number of rotatable bonds is 9. The van der Waals surface area contributed by atoms with Crippen molar-refractivity contribution in [2.24, 2.45) is 0 Å². The van der Waals surface area contributed by atoms with Gasteiger partial charge in [0.1, 0.15) is 0 Å². The second-order valence-electron chi connectivity index (χ2n) is 5.27. The predicted molar refractivity (Wildman–Crippen MR) is 89.1 cm³/mol. The molecule has 0 spiro atoms. The van der Waals surface area contributed by atoms with E-state index in [9.17, 15) is 4.79 Å². The lowest BCUT2D eigenvalue weighted by Crippen LogP contribution is -2.34. The number of carbonyl (C=O) groups is 1. The number of hydrogen-bond acceptors (Lipinski definition) is 3. The van der Waals surface area contributed by atoms with Gasteiger partial charge in [-0.2, -0.15) is 0 Å². The molecular formula is C17H28N2O3. The maximum Gasteiger partial charge on any atom is 0.321 e. The first-order valence-corrected chi connectivity index (χ1v) is 7.91. The second kappa shape index (κ2) is 10.2. The van der Waals surface area contributed by atoms with Crippen LogP contribution in [0.1, 0.15) is 33.3 Å². The number of hydrogen-bond donors (Lipinski definition) is 1. The second-order valence-corrected chi connectivity index (χ2v) is 5.27. The maximum absolute atomic E-state index is 12.0. The van der Waals surface area contributed by atoms with Crippen molar-refractivity contribution < 1.29 is 14.3 Å². The van der Waals surface area contributed by atoms with Gasteiger partial charge < -0.3 is 19.7 Å². The first-order chi connectivity index (χ1) is 10.6.